The number of carbonyl (C=O) groups excluding carboxylic acids is 3. The average Bonchev–Trinajstić information content (AvgIpc) is 3.16. The molecule has 3 atom stereocenters. The summed E-state index contributed by atoms with van der Waals surface area (Å²) in [6, 6.07) is -0.0244. The lowest BCUT2D eigenvalue weighted by Gasteiger charge is -2.49. The molecule has 1 aromatic heterocycles. The van der Waals surface area contributed by atoms with Gasteiger partial charge in [-0.15, -0.1) is 11.8 Å². The molecule has 0 saturated carbocycles. The Morgan fingerprint density at radius 1 is 1.48 bits per heavy atom. The lowest BCUT2D eigenvalue weighted by Crippen LogP contribution is -2.71. The van der Waals surface area contributed by atoms with Gasteiger partial charge in [0, 0.05) is 18.2 Å². The molecule has 1 fully saturated rings. The zero-order chi connectivity index (χ0) is 19.7. The minimum atomic E-state index is -1.28. The van der Waals surface area contributed by atoms with E-state index in [-0.39, 0.29) is 18.1 Å². The number of aliphatic carboxylic acids is 1. The monoisotopic (exact) mass is 411 g/mol. The second-order valence-corrected chi connectivity index (χ2v) is 7.85. The highest BCUT2D eigenvalue weighted by Gasteiger charge is 2.54. The molecular formula is C16H17N3O6S2. The SMILES string of the molecule is CC(=O)OCC1=C(C(=O)O)N2C(=O)[C@@H](NC(=O)C(N)c3ccsc3)[C@H]2SC1. The van der Waals surface area contributed by atoms with Gasteiger partial charge in [-0.05, 0) is 22.4 Å². The molecule has 144 valence electrons. The van der Waals surface area contributed by atoms with Crippen LogP contribution in [0.5, 0.6) is 0 Å². The third kappa shape index (κ3) is 3.70. The van der Waals surface area contributed by atoms with Gasteiger partial charge in [0.15, 0.2) is 0 Å². The van der Waals surface area contributed by atoms with E-state index in [4.69, 9.17) is 10.5 Å². The molecule has 2 aliphatic heterocycles. The van der Waals surface area contributed by atoms with Gasteiger partial charge < -0.3 is 20.9 Å². The number of esters is 1. The fourth-order valence-corrected chi connectivity index (χ4v) is 4.85. The number of carboxylic acid groups (broad SMARTS) is 1. The van der Waals surface area contributed by atoms with E-state index >= 15 is 0 Å². The van der Waals surface area contributed by atoms with Crippen LogP contribution < -0.4 is 11.1 Å². The standard InChI is InChI=1S/C16H17N3O6S2/c1-7(20)25-4-9-6-27-15-11(14(22)19(15)12(9)16(23)24)18-13(21)10(17)8-2-3-26-5-8/h2-3,5,10-11,15H,4,6,17H2,1H3,(H,18,21)(H,23,24)/t10?,11-,15-/m1/s1. The summed E-state index contributed by atoms with van der Waals surface area (Å²) < 4.78 is 4.87. The van der Waals surface area contributed by atoms with Crippen molar-refractivity contribution in [2.75, 3.05) is 12.4 Å². The Morgan fingerprint density at radius 2 is 2.22 bits per heavy atom. The first-order chi connectivity index (χ1) is 12.8. The molecule has 9 nitrogen and oxygen atoms in total. The summed E-state index contributed by atoms with van der Waals surface area (Å²) in [6.45, 7) is 1.03. The predicted molar refractivity (Wildman–Crippen MR) is 97.6 cm³/mol. The Hall–Kier alpha value is -2.37. The molecule has 0 radical (unpaired) electrons. The van der Waals surface area contributed by atoms with E-state index in [2.05, 4.69) is 5.32 Å². The minimum Gasteiger partial charge on any atom is -0.477 e. The molecule has 3 rings (SSSR count). The Kier molecular flexibility index (Phi) is 5.53. The van der Waals surface area contributed by atoms with Crippen molar-refractivity contribution in [3.63, 3.8) is 0 Å². The summed E-state index contributed by atoms with van der Waals surface area (Å²) in [6.07, 6.45) is 0. The van der Waals surface area contributed by atoms with Crippen LogP contribution in [-0.4, -0.2) is 57.5 Å². The van der Waals surface area contributed by atoms with Crippen LogP contribution >= 0.6 is 23.1 Å². The molecule has 1 unspecified atom stereocenters. The van der Waals surface area contributed by atoms with Gasteiger partial charge in [-0.1, -0.05) is 0 Å². The first-order valence-corrected chi connectivity index (χ1v) is 9.91. The van der Waals surface area contributed by atoms with E-state index in [1.54, 1.807) is 16.8 Å². The van der Waals surface area contributed by atoms with Crippen LogP contribution in [0.2, 0.25) is 0 Å². The first-order valence-electron chi connectivity index (χ1n) is 7.92. The van der Waals surface area contributed by atoms with Crippen molar-refractivity contribution in [1.29, 1.82) is 0 Å². The minimum absolute atomic E-state index is 0.194. The van der Waals surface area contributed by atoms with E-state index in [0.717, 1.165) is 4.90 Å². The summed E-state index contributed by atoms with van der Waals surface area (Å²) >= 11 is 2.70. The quantitative estimate of drug-likeness (QED) is 0.441. The van der Waals surface area contributed by atoms with Crippen LogP contribution in [-0.2, 0) is 23.9 Å². The fourth-order valence-electron chi connectivity index (χ4n) is 2.83. The van der Waals surface area contributed by atoms with E-state index < -0.39 is 41.2 Å². The van der Waals surface area contributed by atoms with Gasteiger partial charge in [0.25, 0.3) is 5.91 Å². The third-order valence-electron chi connectivity index (χ3n) is 4.18. The molecule has 27 heavy (non-hydrogen) atoms. The number of thioether (sulfide) groups is 1. The summed E-state index contributed by atoms with van der Waals surface area (Å²) in [5.41, 5.74) is 6.69. The molecule has 1 saturated heterocycles. The number of amides is 2. The molecule has 1 aromatic rings. The summed E-state index contributed by atoms with van der Waals surface area (Å²) in [7, 11) is 0. The summed E-state index contributed by atoms with van der Waals surface area (Å²) in [4.78, 5) is 48.6. The zero-order valence-electron chi connectivity index (χ0n) is 14.2. The lowest BCUT2D eigenvalue weighted by molar-refractivity contribution is -0.151. The zero-order valence-corrected chi connectivity index (χ0v) is 15.8. The van der Waals surface area contributed by atoms with Crippen LogP contribution in [0.4, 0.5) is 0 Å². The number of hydrogen-bond acceptors (Lipinski definition) is 8. The molecule has 11 heteroatoms. The molecular weight excluding hydrogens is 394 g/mol. The Balaban J connectivity index is 1.72. The smallest absolute Gasteiger partial charge is 0.352 e. The maximum Gasteiger partial charge on any atom is 0.352 e. The van der Waals surface area contributed by atoms with Crippen molar-refractivity contribution in [3.05, 3.63) is 33.7 Å². The van der Waals surface area contributed by atoms with Crippen molar-refractivity contribution in [2.24, 2.45) is 5.73 Å². The number of nitrogens with one attached hydrogen (secondary N) is 1. The molecule has 3 heterocycles. The summed E-state index contributed by atoms with van der Waals surface area (Å²) in [5, 5.41) is 15.1. The number of thiophene rings is 1. The maximum atomic E-state index is 12.5. The largest absolute Gasteiger partial charge is 0.477 e. The molecule has 0 spiro atoms. The second kappa shape index (κ2) is 7.71. The molecule has 2 aliphatic rings. The highest BCUT2D eigenvalue weighted by molar-refractivity contribution is 8.00. The topological polar surface area (TPSA) is 139 Å². The highest BCUT2D eigenvalue weighted by atomic mass is 32.2. The number of hydrogen-bond donors (Lipinski definition) is 3. The van der Waals surface area contributed by atoms with Gasteiger partial charge >= 0.3 is 11.9 Å². The van der Waals surface area contributed by atoms with Crippen molar-refractivity contribution in [2.45, 2.75) is 24.4 Å². The number of carboxylic acids is 1. The molecule has 0 bridgehead atoms. The predicted octanol–water partition coefficient (Wildman–Crippen LogP) is 0.0496. The van der Waals surface area contributed by atoms with Gasteiger partial charge in [-0.3, -0.25) is 19.3 Å². The third-order valence-corrected chi connectivity index (χ3v) is 6.22. The van der Waals surface area contributed by atoms with Crippen molar-refractivity contribution in [1.82, 2.24) is 10.2 Å². The van der Waals surface area contributed by atoms with Gasteiger partial charge in [0.05, 0.1) is 0 Å². The van der Waals surface area contributed by atoms with Crippen molar-refractivity contribution < 1.29 is 29.0 Å². The second-order valence-electron chi connectivity index (χ2n) is 5.97. The van der Waals surface area contributed by atoms with Crippen LogP contribution in [0.3, 0.4) is 0 Å². The number of fused-ring (bicyclic) bond motifs is 1. The number of β-lactam (4-membered cyclic amide) rings is 1. The number of nitrogens with zero attached hydrogens (tertiary/aromatic N) is 1. The van der Waals surface area contributed by atoms with Crippen LogP contribution in [0.15, 0.2) is 28.1 Å². The molecule has 4 N–H and O–H groups in total. The molecule has 0 aliphatic carbocycles. The summed E-state index contributed by atoms with van der Waals surface area (Å²) in [5.74, 6) is -2.58. The van der Waals surface area contributed by atoms with E-state index in [9.17, 15) is 24.3 Å². The Labute approximate surface area is 162 Å². The normalized spacial score (nSPS) is 22.6. The van der Waals surface area contributed by atoms with E-state index in [1.165, 1.54) is 30.0 Å². The van der Waals surface area contributed by atoms with E-state index in [1.807, 2.05) is 0 Å². The van der Waals surface area contributed by atoms with Crippen molar-refractivity contribution >= 4 is 46.9 Å². The van der Waals surface area contributed by atoms with E-state index in [0.29, 0.717) is 11.1 Å². The van der Waals surface area contributed by atoms with Gasteiger partial charge in [-0.25, -0.2) is 4.79 Å². The van der Waals surface area contributed by atoms with Crippen LogP contribution in [0.1, 0.15) is 18.5 Å². The average molecular weight is 411 g/mol. The first kappa shape index (κ1) is 19.4. The Bertz CT molecular complexity index is 822. The molecule has 2 amide bonds. The number of nitrogens with two attached hydrogens (primary N) is 1. The van der Waals surface area contributed by atoms with Gasteiger partial charge in [-0.2, -0.15) is 11.3 Å². The fraction of sp³-hybridized carbons (Fsp3) is 0.375. The van der Waals surface area contributed by atoms with Crippen molar-refractivity contribution in [3.8, 4) is 0 Å². The van der Waals surface area contributed by atoms with Gasteiger partial charge in [0.1, 0.15) is 29.8 Å². The number of carbonyl (C=O) groups is 4. The van der Waals surface area contributed by atoms with Gasteiger partial charge in [0.2, 0.25) is 5.91 Å². The highest BCUT2D eigenvalue weighted by Crippen LogP contribution is 2.40. The molecule has 0 aromatic carbocycles. The lowest BCUT2D eigenvalue weighted by atomic mass is 10.0. The Morgan fingerprint density at radius 3 is 2.81 bits per heavy atom. The number of ether oxygens (including phenoxy) is 1. The maximum absolute atomic E-state index is 12.5. The number of rotatable bonds is 6. The van der Waals surface area contributed by atoms with Crippen LogP contribution in [0, 0.1) is 0 Å². The van der Waals surface area contributed by atoms with Crippen LogP contribution in [0.25, 0.3) is 0 Å².